The number of aryl methyl sites for hydroxylation is 6. The summed E-state index contributed by atoms with van der Waals surface area (Å²) in [7, 11) is 0. The Morgan fingerprint density at radius 1 is 0.556 bits per heavy atom. The molecule has 3 heteroatoms. The Hall–Kier alpha value is -3.72. The minimum absolute atomic E-state index is 0.0568. The van der Waals surface area contributed by atoms with Gasteiger partial charge in [0.2, 0.25) is 6.71 Å². The van der Waals surface area contributed by atoms with Crippen molar-refractivity contribution in [3.05, 3.63) is 123 Å². The maximum Gasteiger partial charge on any atom is 0.242 e. The predicted molar refractivity (Wildman–Crippen MR) is 152 cm³/mol. The van der Waals surface area contributed by atoms with Gasteiger partial charge in [0.15, 0.2) is 11.6 Å². The van der Waals surface area contributed by atoms with Gasteiger partial charge in [-0.1, -0.05) is 129 Å². The molecule has 0 aliphatic carbocycles. The van der Waals surface area contributed by atoms with E-state index in [0.717, 1.165) is 5.46 Å². The van der Waals surface area contributed by atoms with Crippen LogP contribution in [0.4, 0.5) is 0 Å². The quantitative estimate of drug-likeness (QED) is 0.202. The highest BCUT2D eigenvalue weighted by molar-refractivity contribution is 6.96. The molecule has 180 valence electrons. The van der Waals surface area contributed by atoms with E-state index in [0.29, 0.717) is 11.1 Å². The first kappa shape index (κ1) is 25.4. The van der Waals surface area contributed by atoms with Gasteiger partial charge in [0.05, 0.1) is 6.42 Å². The maximum absolute atomic E-state index is 12.9. The number of carbonyl (C=O) groups is 2. The zero-order chi connectivity index (χ0) is 26.0. The fourth-order valence-electron chi connectivity index (χ4n) is 5.61. The molecule has 0 bridgehead atoms. The minimum atomic E-state index is -0.155. The summed E-state index contributed by atoms with van der Waals surface area (Å²) < 4.78 is 0. The second-order valence-electron chi connectivity index (χ2n) is 10.1. The SMILES string of the molecule is Cc1cc(C)c(B(c2ccc(C(=O)CC(=O)c3ccccc3)cc2)c2c(C)cc(C)cc2C)c(C)c1. The lowest BCUT2D eigenvalue weighted by molar-refractivity contribution is 0.0894. The van der Waals surface area contributed by atoms with Crippen molar-refractivity contribution in [1.29, 1.82) is 0 Å². The summed E-state index contributed by atoms with van der Waals surface area (Å²) in [6.45, 7) is 13.1. The molecular formula is C33H33BO2. The molecule has 0 aliphatic heterocycles. The Morgan fingerprint density at radius 2 is 0.944 bits per heavy atom. The van der Waals surface area contributed by atoms with Crippen molar-refractivity contribution in [2.75, 3.05) is 0 Å². The normalized spacial score (nSPS) is 10.8. The molecule has 0 saturated carbocycles. The first-order valence-electron chi connectivity index (χ1n) is 12.5. The smallest absolute Gasteiger partial charge is 0.242 e. The van der Waals surface area contributed by atoms with Crippen LogP contribution in [0, 0.1) is 41.5 Å². The number of benzene rings is 4. The van der Waals surface area contributed by atoms with E-state index in [1.807, 2.05) is 30.3 Å². The molecule has 0 spiro atoms. The first-order valence-corrected chi connectivity index (χ1v) is 12.5. The van der Waals surface area contributed by atoms with Gasteiger partial charge in [0.1, 0.15) is 0 Å². The number of rotatable bonds is 7. The summed E-state index contributed by atoms with van der Waals surface area (Å²) >= 11 is 0. The lowest BCUT2D eigenvalue weighted by Crippen LogP contribution is -2.55. The van der Waals surface area contributed by atoms with Crippen LogP contribution in [0.1, 0.15) is 60.5 Å². The molecule has 0 atom stereocenters. The van der Waals surface area contributed by atoms with E-state index < -0.39 is 0 Å². The molecule has 0 fully saturated rings. The van der Waals surface area contributed by atoms with Gasteiger partial charge in [0.25, 0.3) is 0 Å². The second kappa shape index (κ2) is 10.5. The van der Waals surface area contributed by atoms with Crippen molar-refractivity contribution in [2.24, 2.45) is 0 Å². The van der Waals surface area contributed by atoms with Crippen LogP contribution in [0.25, 0.3) is 0 Å². The Morgan fingerprint density at radius 3 is 1.36 bits per heavy atom. The Balaban J connectivity index is 1.75. The highest BCUT2D eigenvalue weighted by Gasteiger charge is 2.28. The van der Waals surface area contributed by atoms with Crippen molar-refractivity contribution in [2.45, 2.75) is 48.0 Å². The van der Waals surface area contributed by atoms with Gasteiger partial charge in [-0.05, 0) is 41.5 Å². The largest absolute Gasteiger partial charge is 0.294 e. The van der Waals surface area contributed by atoms with Crippen molar-refractivity contribution in [1.82, 2.24) is 0 Å². The molecule has 0 aromatic heterocycles. The summed E-state index contributed by atoms with van der Waals surface area (Å²) in [4.78, 5) is 25.5. The summed E-state index contributed by atoms with van der Waals surface area (Å²) in [6.07, 6.45) is -0.126. The van der Waals surface area contributed by atoms with E-state index in [4.69, 9.17) is 0 Å². The predicted octanol–water partition coefficient (Wildman–Crippen LogP) is 5.51. The number of hydrogen-bond donors (Lipinski definition) is 0. The topological polar surface area (TPSA) is 34.1 Å². The number of ketones is 2. The monoisotopic (exact) mass is 472 g/mol. The van der Waals surface area contributed by atoms with Gasteiger partial charge in [-0.25, -0.2) is 0 Å². The van der Waals surface area contributed by atoms with E-state index in [9.17, 15) is 9.59 Å². The Kier molecular flexibility index (Phi) is 7.40. The molecule has 0 heterocycles. The molecule has 0 aliphatic rings. The molecule has 0 unspecified atom stereocenters. The third kappa shape index (κ3) is 5.26. The van der Waals surface area contributed by atoms with Gasteiger partial charge in [-0.15, -0.1) is 0 Å². The van der Waals surface area contributed by atoms with Crippen molar-refractivity contribution >= 4 is 34.7 Å². The lowest BCUT2D eigenvalue weighted by atomic mass is 9.34. The zero-order valence-corrected chi connectivity index (χ0v) is 22.1. The fourth-order valence-corrected chi connectivity index (χ4v) is 5.61. The van der Waals surface area contributed by atoms with Gasteiger partial charge in [0, 0.05) is 11.1 Å². The van der Waals surface area contributed by atoms with Crippen molar-refractivity contribution in [3.63, 3.8) is 0 Å². The maximum atomic E-state index is 12.9. The van der Waals surface area contributed by atoms with Crippen LogP contribution in [-0.2, 0) is 0 Å². The number of hydrogen-bond acceptors (Lipinski definition) is 2. The van der Waals surface area contributed by atoms with Crippen LogP contribution in [-0.4, -0.2) is 18.3 Å². The molecule has 2 nitrogen and oxygen atoms in total. The third-order valence-corrected chi connectivity index (χ3v) is 7.04. The van der Waals surface area contributed by atoms with Gasteiger partial charge in [-0.3, -0.25) is 9.59 Å². The highest BCUT2D eigenvalue weighted by atomic mass is 16.1. The molecular weight excluding hydrogens is 439 g/mol. The second-order valence-corrected chi connectivity index (χ2v) is 10.1. The summed E-state index contributed by atoms with van der Waals surface area (Å²) in [5.74, 6) is -0.309. The van der Waals surface area contributed by atoms with Crippen molar-refractivity contribution in [3.8, 4) is 0 Å². The van der Waals surface area contributed by atoms with E-state index in [2.05, 4.69) is 77.9 Å². The summed E-state index contributed by atoms with van der Waals surface area (Å²) in [5, 5.41) is 0. The van der Waals surface area contributed by atoms with E-state index in [1.54, 1.807) is 12.1 Å². The fraction of sp³-hybridized carbons (Fsp3) is 0.212. The molecule has 0 radical (unpaired) electrons. The Labute approximate surface area is 215 Å². The third-order valence-electron chi connectivity index (χ3n) is 7.04. The minimum Gasteiger partial charge on any atom is -0.294 e. The first-order chi connectivity index (χ1) is 17.2. The van der Waals surface area contributed by atoms with Gasteiger partial charge >= 0.3 is 0 Å². The van der Waals surface area contributed by atoms with E-state index in [1.165, 1.54) is 44.3 Å². The number of carbonyl (C=O) groups excluding carboxylic acids is 2. The van der Waals surface area contributed by atoms with Gasteiger partial charge < -0.3 is 0 Å². The molecule has 4 aromatic rings. The standard InChI is InChI=1S/C33H33BO2/c1-21-16-23(3)32(24(4)17-21)34(33-25(5)18-22(2)19-26(33)6)29-14-12-28(13-15-29)31(36)20-30(35)27-10-8-7-9-11-27/h7-19H,20H2,1-6H3. The lowest BCUT2D eigenvalue weighted by Gasteiger charge is -2.24. The molecule has 0 N–H and O–H groups in total. The van der Waals surface area contributed by atoms with Crippen LogP contribution >= 0.6 is 0 Å². The molecule has 36 heavy (non-hydrogen) atoms. The average molecular weight is 472 g/mol. The van der Waals surface area contributed by atoms with Crippen LogP contribution in [0.3, 0.4) is 0 Å². The van der Waals surface area contributed by atoms with Crippen LogP contribution < -0.4 is 16.4 Å². The van der Waals surface area contributed by atoms with Crippen LogP contribution in [0.5, 0.6) is 0 Å². The average Bonchev–Trinajstić information content (AvgIpc) is 2.82. The van der Waals surface area contributed by atoms with Gasteiger partial charge in [-0.2, -0.15) is 0 Å². The number of Topliss-reactive ketones (excluding diaryl/α,β-unsaturated/α-hetero) is 2. The molecule has 4 rings (SSSR count). The summed E-state index contributed by atoms with van der Waals surface area (Å²) in [6, 6.07) is 25.9. The molecule has 0 saturated heterocycles. The molecule has 4 aromatic carbocycles. The van der Waals surface area contributed by atoms with Crippen molar-refractivity contribution < 1.29 is 9.59 Å². The van der Waals surface area contributed by atoms with E-state index >= 15 is 0 Å². The van der Waals surface area contributed by atoms with Crippen LogP contribution in [0.15, 0.2) is 78.9 Å². The highest BCUT2D eigenvalue weighted by Crippen LogP contribution is 2.14. The zero-order valence-electron chi connectivity index (χ0n) is 22.1. The molecule has 0 amide bonds. The summed E-state index contributed by atoms with van der Waals surface area (Å²) in [5.41, 5.74) is 12.5. The van der Waals surface area contributed by atoms with E-state index in [-0.39, 0.29) is 24.7 Å². The Bertz CT molecular complexity index is 1330. The van der Waals surface area contributed by atoms with Crippen LogP contribution in [0.2, 0.25) is 0 Å².